The predicted molar refractivity (Wildman–Crippen MR) is 97.8 cm³/mol. The maximum absolute atomic E-state index is 13.4. The van der Waals surface area contributed by atoms with Crippen molar-refractivity contribution in [2.75, 3.05) is 0 Å². The number of fused-ring (bicyclic) bond motifs is 1. The minimum absolute atomic E-state index is 0.117. The average Bonchev–Trinajstić information content (AvgIpc) is 3.02. The first kappa shape index (κ1) is 19.1. The Bertz CT molecular complexity index is 1050. The van der Waals surface area contributed by atoms with Gasteiger partial charge in [-0.05, 0) is 44.2 Å². The van der Waals surface area contributed by atoms with Crippen LogP contribution in [-0.4, -0.2) is 23.9 Å². The number of ether oxygens (including phenoxy) is 1. The molecule has 0 saturated heterocycles. The monoisotopic (exact) mass is 384 g/mol. The lowest BCUT2D eigenvalue weighted by atomic mass is 10.1. The molecule has 7 nitrogen and oxygen atoms in total. The molecule has 0 unspecified atom stereocenters. The highest BCUT2D eigenvalue weighted by molar-refractivity contribution is 5.98. The van der Waals surface area contributed by atoms with E-state index in [1.165, 1.54) is 25.1 Å². The van der Waals surface area contributed by atoms with E-state index in [1.54, 1.807) is 37.3 Å². The summed E-state index contributed by atoms with van der Waals surface area (Å²) in [6, 6.07) is 12.2. The van der Waals surface area contributed by atoms with E-state index in [1.807, 2.05) is 0 Å². The van der Waals surface area contributed by atoms with Gasteiger partial charge in [-0.3, -0.25) is 20.4 Å². The van der Waals surface area contributed by atoms with Crippen LogP contribution in [0.1, 0.15) is 33.4 Å². The maximum Gasteiger partial charge on any atom is 0.375 e. The van der Waals surface area contributed by atoms with Crippen LogP contribution >= 0.6 is 0 Å². The summed E-state index contributed by atoms with van der Waals surface area (Å²) in [5.74, 6) is -2.68. The molecule has 144 valence electrons. The fourth-order valence-corrected chi connectivity index (χ4v) is 2.54. The highest BCUT2D eigenvalue weighted by Gasteiger charge is 2.24. The van der Waals surface area contributed by atoms with E-state index in [4.69, 9.17) is 9.15 Å². The second-order valence-corrected chi connectivity index (χ2v) is 6.05. The third-order valence-corrected chi connectivity index (χ3v) is 4.07. The normalized spacial score (nSPS) is 11.7. The summed E-state index contributed by atoms with van der Waals surface area (Å²) in [4.78, 5) is 36.3. The quantitative estimate of drug-likeness (QED) is 0.532. The van der Waals surface area contributed by atoms with Gasteiger partial charge < -0.3 is 9.15 Å². The van der Waals surface area contributed by atoms with Crippen LogP contribution in [0.3, 0.4) is 0 Å². The Hall–Kier alpha value is -3.68. The number of rotatable bonds is 4. The zero-order chi connectivity index (χ0) is 20.3. The number of aryl methyl sites for hydroxylation is 1. The summed E-state index contributed by atoms with van der Waals surface area (Å²) < 4.78 is 23.9. The molecular formula is C20H17FN2O5. The Morgan fingerprint density at radius 3 is 2.50 bits per heavy atom. The molecule has 28 heavy (non-hydrogen) atoms. The summed E-state index contributed by atoms with van der Waals surface area (Å²) in [5.41, 5.74) is 5.52. The van der Waals surface area contributed by atoms with Crippen molar-refractivity contribution in [3.8, 4) is 0 Å². The zero-order valence-corrected chi connectivity index (χ0v) is 15.1. The number of hydrogen-bond acceptors (Lipinski definition) is 5. The van der Waals surface area contributed by atoms with Crippen LogP contribution in [0.4, 0.5) is 4.39 Å². The van der Waals surface area contributed by atoms with Crippen LogP contribution in [0.25, 0.3) is 11.0 Å². The largest absolute Gasteiger partial charge is 0.449 e. The first-order valence-electron chi connectivity index (χ1n) is 8.41. The second-order valence-electron chi connectivity index (χ2n) is 6.05. The lowest BCUT2D eigenvalue weighted by Gasteiger charge is -2.13. The third kappa shape index (κ3) is 4.01. The van der Waals surface area contributed by atoms with Gasteiger partial charge in [0.2, 0.25) is 5.76 Å². The number of nitrogens with one attached hydrogen (secondary N) is 2. The van der Waals surface area contributed by atoms with Crippen molar-refractivity contribution in [1.29, 1.82) is 0 Å². The first-order chi connectivity index (χ1) is 13.4. The Kier molecular flexibility index (Phi) is 5.39. The summed E-state index contributed by atoms with van der Waals surface area (Å²) in [7, 11) is 0. The number of carbonyl (C=O) groups is 3. The van der Waals surface area contributed by atoms with Crippen LogP contribution in [-0.2, 0) is 9.53 Å². The van der Waals surface area contributed by atoms with Crippen LogP contribution < -0.4 is 10.9 Å². The van der Waals surface area contributed by atoms with Gasteiger partial charge in [-0.1, -0.05) is 18.2 Å². The molecule has 2 aromatic carbocycles. The van der Waals surface area contributed by atoms with Crippen molar-refractivity contribution in [2.24, 2.45) is 0 Å². The molecule has 3 rings (SSSR count). The van der Waals surface area contributed by atoms with E-state index in [2.05, 4.69) is 10.9 Å². The van der Waals surface area contributed by atoms with Crippen LogP contribution in [0.2, 0.25) is 0 Å². The van der Waals surface area contributed by atoms with E-state index in [-0.39, 0.29) is 5.76 Å². The molecule has 2 N–H and O–H groups in total. The minimum atomic E-state index is -1.20. The van der Waals surface area contributed by atoms with Gasteiger partial charge >= 0.3 is 5.97 Å². The number of esters is 1. The Labute approximate surface area is 159 Å². The number of benzene rings is 2. The Morgan fingerprint density at radius 2 is 1.79 bits per heavy atom. The smallest absolute Gasteiger partial charge is 0.375 e. The van der Waals surface area contributed by atoms with Crippen molar-refractivity contribution in [1.82, 2.24) is 10.9 Å². The van der Waals surface area contributed by atoms with Gasteiger partial charge in [0.05, 0.1) is 0 Å². The number of hydrazine groups is 1. The summed E-state index contributed by atoms with van der Waals surface area (Å²) >= 11 is 0. The molecule has 0 radical (unpaired) electrons. The Morgan fingerprint density at radius 1 is 1.07 bits per heavy atom. The SMILES string of the molecule is Cc1c(C(=O)O[C@@H](C)C(=O)NNC(=O)c2ccccc2)oc2ccc(F)cc12. The summed E-state index contributed by atoms with van der Waals surface area (Å²) in [5, 5.41) is 0.444. The molecule has 8 heteroatoms. The fourth-order valence-electron chi connectivity index (χ4n) is 2.54. The molecule has 2 amide bonds. The number of furan rings is 1. The molecule has 0 aliphatic rings. The topological polar surface area (TPSA) is 97.6 Å². The predicted octanol–water partition coefficient (Wildman–Crippen LogP) is 2.89. The standard InChI is InChI=1S/C20H17FN2O5/c1-11-15-10-14(21)8-9-16(15)28-17(11)20(26)27-12(2)18(24)22-23-19(25)13-6-4-3-5-7-13/h3-10,12H,1-2H3,(H,22,24)(H,23,25)/t12-/m0/s1. The van der Waals surface area contributed by atoms with Crippen molar-refractivity contribution in [2.45, 2.75) is 20.0 Å². The molecule has 0 aliphatic heterocycles. The molecule has 0 spiro atoms. The van der Waals surface area contributed by atoms with E-state index < -0.39 is 29.7 Å². The van der Waals surface area contributed by atoms with Crippen LogP contribution in [0.5, 0.6) is 0 Å². The second kappa shape index (κ2) is 7.91. The number of amides is 2. The van der Waals surface area contributed by atoms with Crippen molar-refractivity contribution >= 4 is 28.8 Å². The van der Waals surface area contributed by atoms with Crippen molar-refractivity contribution < 1.29 is 27.9 Å². The number of hydrogen-bond donors (Lipinski definition) is 2. The molecule has 1 atom stereocenters. The molecule has 0 bridgehead atoms. The van der Waals surface area contributed by atoms with E-state index in [0.717, 1.165) is 0 Å². The van der Waals surface area contributed by atoms with Crippen molar-refractivity contribution in [3.63, 3.8) is 0 Å². The number of carbonyl (C=O) groups excluding carboxylic acids is 3. The van der Waals surface area contributed by atoms with E-state index in [9.17, 15) is 18.8 Å². The van der Waals surface area contributed by atoms with Gasteiger partial charge in [-0.15, -0.1) is 0 Å². The average molecular weight is 384 g/mol. The van der Waals surface area contributed by atoms with Crippen molar-refractivity contribution in [3.05, 3.63) is 71.2 Å². The fraction of sp³-hybridized carbons (Fsp3) is 0.150. The molecule has 1 heterocycles. The lowest BCUT2D eigenvalue weighted by molar-refractivity contribution is -0.129. The molecule has 0 fully saturated rings. The van der Waals surface area contributed by atoms with Gasteiger partial charge in [0.25, 0.3) is 11.8 Å². The molecule has 0 saturated carbocycles. The zero-order valence-electron chi connectivity index (χ0n) is 15.1. The van der Waals surface area contributed by atoms with Gasteiger partial charge in [0.1, 0.15) is 11.4 Å². The maximum atomic E-state index is 13.4. The van der Waals surface area contributed by atoms with Gasteiger partial charge in [-0.25, -0.2) is 9.18 Å². The number of halogens is 1. The van der Waals surface area contributed by atoms with Gasteiger partial charge in [-0.2, -0.15) is 0 Å². The lowest BCUT2D eigenvalue weighted by Crippen LogP contribution is -2.46. The highest BCUT2D eigenvalue weighted by Crippen LogP contribution is 2.26. The minimum Gasteiger partial charge on any atom is -0.449 e. The van der Waals surface area contributed by atoms with E-state index in [0.29, 0.717) is 22.1 Å². The summed E-state index contributed by atoms with van der Waals surface area (Å²) in [6.07, 6.45) is -1.20. The molecule has 0 aliphatic carbocycles. The first-order valence-corrected chi connectivity index (χ1v) is 8.41. The third-order valence-electron chi connectivity index (χ3n) is 4.07. The van der Waals surface area contributed by atoms with E-state index >= 15 is 0 Å². The molecule has 3 aromatic rings. The molecular weight excluding hydrogens is 367 g/mol. The molecule has 1 aromatic heterocycles. The summed E-state index contributed by atoms with van der Waals surface area (Å²) in [6.45, 7) is 2.94. The van der Waals surface area contributed by atoms with Gasteiger partial charge in [0, 0.05) is 16.5 Å². The highest BCUT2D eigenvalue weighted by atomic mass is 19.1. The van der Waals surface area contributed by atoms with Crippen LogP contribution in [0.15, 0.2) is 52.9 Å². The van der Waals surface area contributed by atoms with Crippen LogP contribution in [0, 0.1) is 12.7 Å². The Balaban J connectivity index is 1.61. The van der Waals surface area contributed by atoms with Gasteiger partial charge in [0.15, 0.2) is 6.10 Å².